The van der Waals surface area contributed by atoms with Gasteiger partial charge in [-0.25, -0.2) is 4.68 Å². The first-order chi connectivity index (χ1) is 13.7. The number of rotatable bonds is 5. The lowest BCUT2D eigenvalue weighted by Crippen LogP contribution is -2.25. The van der Waals surface area contributed by atoms with Crippen LogP contribution in [0, 0.1) is 25.2 Å². The average Bonchev–Trinajstić information content (AvgIpc) is 3.24. The van der Waals surface area contributed by atoms with E-state index in [1.54, 1.807) is 4.68 Å². The fourth-order valence-corrected chi connectivity index (χ4v) is 4.73. The van der Waals surface area contributed by atoms with Crippen LogP contribution in [0.4, 0.5) is 5.82 Å². The van der Waals surface area contributed by atoms with Gasteiger partial charge in [-0.2, -0.15) is 5.26 Å². The molecule has 1 amide bonds. The summed E-state index contributed by atoms with van der Waals surface area (Å²) >= 11 is 1.30. The fourth-order valence-electron chi connectivity index (χ4n) is 3.87. The SMILES string of the molecule is Cc1c(C#N)c(NC(=O)CSc2nnnn2C(C)(C)C)n(C2CCCCC2)c1C. The molecule has 0 radical (unpaired) electrons. The molecular weight excluding hydrogens is 386 g/mol. The Morgan fingerprint density at radius 1 is 1.28 bits per heavy atom. The highest BCUT2D eigenvalue weighted by Gasteiger charge is 2.26. The van der Waals surface area contributed by atoms with Crippen LogP contribution in [0.25, 0.3) is 0 Å². The molecule has 156 valence electrons. The van der Waals surface area contributed by atoms with Gasteiger partial charge in [-0.1, -0.05) is 31.0 Å². The third kappa shape index (κ3) is 4.47. The first-order valence-corrected chi connectivity index (χ1v) is 11.1. The van der Waals surface area contributed by atoms with Crippen molar-refractivity contribution in [3.05, 3.63) is 16.8 Å². The highest BCUT2D eigenvalue weighted by atomic mass is 32.2. The van der Waals surface area contributed by atoms with Crippen LogP contribution >= 0.6 is 11.8 Å². The van der Waals surface area contributed by atoms with Crippen LogP contribution in [-0.4, -0.2) is 36.4 Å². The van der Waals surface area contributed by atoms with Crippen molar-refractivity contribution in [1.29, 1.82) is 5.26 Å². The van der Waals surface area contributed by atoms with Crippen molar-refractivity contribution in [2.45, 2.75) is 83.5 Å². The van der Waals surface area contributed by atoms with Gasteiger partial charge in [0.25, 0.3) is 0 Å². The summed E-state index contributed by atoms with van der Waals surface area (Å²) in [5, 5.41) is 25.1. The summed E-state index contributed by atoms with van der Waals surface area (Å²) in [7, 11) is 0. The monoisotopic (exact) mass is 415 g/mol. The second-order valence-electron chi connectivity index (χ2n) is 8.59. The van der Waals surface area contributed by atoms with Gasteiger partial charge >= 0.3 is 0 Å². The summed E-state index contributed by atoms with van der Waals surface area (Å²) in [5.41, 5.74) is 2.30. The van der Waals surface area contributed by atoms with Crippen molar-refractivity contribution in [3.8, 4) is 6.07 Å². The van der Waals surface area contributed by atoms with Gasteiger partial charge in [0.2, 0.25) is 11.1 Å². The Hall–Kier alpha value is -2.34. The number of nitriles is 1. The Balaban J connectivity index is 1.79. The van der Waals surface area contributed by atoms with Crippen LogP contribution in [0.1, 0.15) is 75.7 Å². The summed E-state index contributed by atoms with van der Waals surface area (Å²) in [5.74, 6) is 0.648. The molecule has 1 fully saturated rings. The molecule has 0 atom stereocenters. The van der Waals surface area contributed by atoms with Gasteiger partial charge in [-0.05, 0) is 63.5 Å². The molecule has 0 aliphatic heterocycles. The van der Waals surface area contributed by atoms with Crippen molar-refractivity contribution in [2.75, 3.05) is 11.1 Å². The number of carbonyl (C=O) groups excluding carboxylic acids is 1. The summed E-state index contributed by atoms with van der Waals surface area (Å²) in [4.78, 5) is 12.8. The number of nitrogens with zero attached hydrogens (tertiary/aromatic N) is 6. The molecule has 0 aromatic carbocycles. The van der Waals surface area contributed by atoms with E-state index in [-0.39, 0.29) is 17.2 Å². The minimum absolute atomic E-state index is 0.162. The number of hydrogen-bond donors (Lipinski definition) is 1. The molecule has 29 heavy (non-hydrogen) atoms. The van der Waals surface area contributed by atoms with Gasteiger partial charge < -0.3 is 9.88 Å². The Morgan fingerprint density at radius 2 is 1.97 bits per heavy atom. The predicted molar refractivity (Wildman–Crippen MR) is 113 cm³/mol. The third-order valence-corrected chi connectivity index (χ3v) is 6.39. The molecule has 0 unspecified atom stereocenters. The van der Waals surface area contributed by atoms with Gasteiger partial charge in [-0.15, -0.1) is 5.10 Å². The molecule has 2 aromatic heterocycles. The van der Waals surface area contributed by atoms with Crippen LogP contribution in [0.5, 0.6) is 0 Å². The highest BCUT2D eigenvalue weighted by Crippen LogP contribution is 2.36. The van der Waals surface area contributed by atoms with E-state index >= 15 is 0 Å². The summed E-state index contributed by atoms with van der Waals surface area (Å²) < 4.78 is 3.89. The first-order valence-electron chi connectivity index (χ1n) is 10.1. The normalized spacial score (nSPS) is 15.3. The van der Waals surface area contributed by atoms with Gasteiger partial charge in [0.15, 0.2) is 0 Å². The van der Waals surface area contributed by atoms with E-state index < -0.39 is 0 Å². The molecular formula is C20H29N7OS. The molecule has 9 heteroatoms. The number of carbonyl (C=O) groups is 1. The van der Waals surface area contributed by atoms with Crippen molar-refractivity contribution in [2.24, 2.45) is 0 Å². The number of anilines is 1. The van der Waals surface area contributed by atoms with E-state index in [9.17, 15) is 10.1 Å². The molecule has 0 spiro atoms. The van der Waals surface area contributed by atoms with Crippen LogP contribution in [-0.2, 0) is 10.3 Å². The highest BCUT2D eigenvalue weighted by molar-refractivity contribution is 7.99. The maximum absolute atomic E-state index is 12.8. The molecule has 8 nitrogen and oxygen atoms in total. The standard InChI is InChI=1S/C20H29N7OS/c1-13-14(2)26(15-9-7-6-8-10-15)18(16(13)11-21)22-17(28)12-29-19-23-24-25-27(19)20(3,4)5/h15H,6-10,12H2,1-5H3,(H,22,28). The summed E-state index contributed by atoms with van der Waals surface area (Å²) in [6.07, 6.45) is 5.78. The molecule has 1 aliphatic rings. The summed E-state index contributed by atoms with van der Waals surface area (Å²) in [6, 6.07) is 2.62. The maximum Gasteiger partial charge on any atom is 0.235 e. The predicted octanol–water partition coefficient (Wildman–Crippen LogP) is 3.95. The molecule has 1 aliphatic carbocycles. The fraction of sp³-hybridized carbons (Fsp3) is 0.650. The molecule has 2 heterocycles. The summed E-state index contributed by atoms with van der Waals surface area (Å²) in [6.45, 7) is 10.0. The van der Waals surface area contributed by atoms with E-state index in [4.69, 9.17) is 0 Å². The Labute approximate surface area is 176 Å². The van der Waals surface area contributed by atoms with Gasteiger partial charge in [-0.3, -0.25) is 4.79 Å². The quantitative estimate of drug-likeness (QED) is 0.742. The number of tetrazole rings is 1. The lowest BCUT2D eigenvalue weighted by molar-refractivity contribution is -0.113. The maximum atomic E-state index is 12.8. The van der Waals surface area contributed by atoms with Crippen molar-refractivity contribution >= 4 is 23.5 Å². The number of hydrogen-bond acceptors (Lipinski definition) is 6. The van der Waals surface area contributed by atoms with Crippen LogP contribution in [0.3, 0.4) is 0 Å². The Kier molecular flexibility index (Phi) is 6.32. The molecule has 3 rings (SSSR count). The minimum Gasteiger partial charge on any atom is -0.327 e. The molecule has 0 bridgehead atoms. The smallest absolute Gasteiger partial charge is 0.235 e. The van der Waals surface area contributed by atoms with E-state index in [0.717, 1.165) is 24.1 Å². The molecule has 1 saturated carbocycles. The zero-order chi connectivity index (χ0) is 21.2. The van der Waals surface area contributed by atoms with Crippen molar-refractivity contribution < 1.29 is 4.79 Å². The van der Waals surface area contributed by atoms with Crippen molar-refractivity contribution in [1.82, 2.24) is 24.8 Å². The minimum atomic E-state index is -0.264. The largest absolute Gasteiger partial charge is 0.327 e. The molecule has 1 N–H and O–H groups in total. The Bertz CT molecular complexity index is 926. The van der Waals surface area contributed by atoms with Gasteiger partial charge in [0, 0.05) is 11.7 Å². The zero-order valence-corrected chi connectivity index (χ0v) is 18.6. The second kappa shape index (κ2) is 8.57. The van der Waals surface area contributed by atoms with Gasteiger partial charge in [0.05, 0.1) is 16.9 Å². The van der Waals surface area contributed by atoms with E-state index in [0.29, 0.717) is 22.6 Å². The van der Waals surface area contributed by atoms with Crippen LogP contribution < -0.4 is 5.32 Å². The molecule has 2 aromatic rings. The number of amides is 1. The average molecular weight is 416 g/mol. The van der Waals surface area contributed by atoms with Crippen molar-refractivity contribution in [3.63, 3.8) is 0 Å². The number of nitrogens with one attached hydrogen (secondary N) is 1. The third-order valence-electron chi connectivity index (χ3n) is 5.47. The Morgan fingerprint density at radius 3 is 2.59 bits per heavy atom. The second-order valence-corrected chi connectivity index (χ2v) is 9.53. The molecule has 0 saturated heterocycles. The topological polar surface area (TPSA) is 101 Å². The lowest BCUT2D eigenvalue weighted by atomic mass is 9.95. The van der Waals surface area contributed by atoms with E-state index in [1.807, 2.05) is 34.6 Å². The van der Waals surface area contributed by atoms with E-state index in [1.165, 1.54) is 31.0 Å². The van der Waals surface area contributed by atoms with Crippen LogP contribution in [0.2, 0.25) is 0 Å². The number of thioether (sulfide) groups is 1. The van der Waals surface area contributed by atoms with E-state index in [2.05, 4.69) is 31.5 Å². The zero-order valence-electron chi connectivity index (χ0n) is 17.8. The number of aromatic nitrogens is 5. The lowest BCUT2D eigenvalue weighted by Gasteiger charge is -2.27. The van der Waals surface area contributed by atoms with Gasteiger partial charge in [0.1, 0.15) is 11.9 Å². The first kappa shape index (κ1) is 21.4. The van der Waals surface area contributed by atoms with Crippen LogP contribution in [0.15, 0.2) is 5.16 Å².